The second kappa shape index (κ2) is 15.1. The number of amides is 2. The summed E-state index contributed by atoms with van der Waals surface area (Å²) >= 11 is 2.65. The Morgan fingerprint density at radius 2 is 1.05 bits per heavy atom. The Hall–Kier alpha value is -3.76. The van der Waals surface area contributed by atoms with Crippen molar-refractivity contribution in [2.24, 2.45) is 0 Å². The van der Waals surface area contributed by atoms with Crippen LogP contribution in [0.15, 0.2) is 82.8 Å². The average molecular weight is 577 g/mol. The lowest BCUT2D eigenvalue weighted by molar-refractivity contribution is -0.119. The number of nitrogens with one attached hydrogen (secondary N) is 2. The molecule has 8 nitrogen and oxygen atoms in total. The van der Waals surface area contributed by atoms with Gasteiger partial charge in [0, 0.05) is 13.1 Å². The molecule has 3 aromatic carbocycles. The Kier molecular flexibility index (Phi) is 11.1. The third kappa shape index (κ3) is 8.89. The van der Waals surface area contributed by atoms with Crippen LogP contribution in [0.2, 0.25) is 0 Å². The Bertz CT molecular complexity index is 1310. The first kappa shape index (κ1) is 29.2. The van der Waals surface area contributed by atoms with Crippen LogP contribution < -0.4 is 20.1 Å². The molecule has 0 aliphatic rings. The fourth-order valence-corrected chi connectivity index (χ4v) is 5.56. The fourth-order valence-electron chi connectivity index (χ4n) is 3.80. The van der Waals surface area contributed by atoms with Crippen molar-refractivity contribution in [1.82, 2.24) is 20.6 Å². The molecule has 4 rings (SSSR count). The molecular formula is C30H32N4O4S2. The second-order valence-corrected chi connectivity index (χ2v) is 10.7. The van der Waals surface area contributed by atoms with Gasteiger partial charge in [0.15, 0.2) is 0 Å². The van der Waals surface area contributed by atoms with Crippen molar-refractivity contribution < 1.29 is 19.1 Å². The molecule has 0 atom stereocenters. The van der Waals surface area contributed by atoms with Crippen LogP contribution in [0.1, 0.15) is 11.1 Å². The van der Waals surface area contributed by atoms with Gasteiger partial charge in [0.05, 0.1) is 36.8 Å². The third-order valence-electron chi connectivity index (χ3n) is 5.98. The van der Waals surface area contributed by atoms with Crippen molar-refractivity contribution in [3.05, 3.63) is 83.9 Å². The van der Waals surface area contributed by atoms with Crippen molar-refractivity contribution in [3.63, 3.8) is 0 Å². The van der Waals surface area contributed by atoms with E-state index in [9.17, 15) is 9.59 Å². The molecule has 0 radical (unpaired) electrons. The molecule has 0 aliphatic heterocycles. The number of carbonyl (C=O) groups is 2. The molecular weight excluding hydrogens is 544 g/mol. The van der Waals surface area contributed by atoms with Crippen LogP contribution in [0.5, 0.6) is 11.5 Å². The molecule has 0 aliphatic carbocycles. The molecule has 0 saturated heterocycles. The Balaban J connectivity index is 1.28. The summed E-state index contributed by atoms with van der Waals surface area (Å²) in [4.78, 5) is 34.5. The van der Waals surface area contributed by atoms with E-state index in [1.165, 1.54) is 23.5 Å². The van der Waals surface area contributed by atoms with Gasteiger partial charge < -0.3 is 20.1 Å². The van der Waals surface area contributed by atoms with Crippen LogP contribution in [0.25, 0.3) is 11.0 Å². The third-order valence-corrected chi connectivity index (χ3v) is 8.04. The zero-order valence-electron chi connectivity index (χ0n) is 22.5. The molecule has 1 aromatic heterocycles. The first-order chi connectivity index (χ1) is 19.5. The van der Waals surface area contributed by atoms with E-state index in [2.05, 4.69) is 10.6 Å². The normalized spacial score (nSPS) is 10.8. The van der Waals surface area contributed by atoms with Crippen molar-refractivity contribution >= 4 is 46.4 Å². The van der Waals surface area contributed by atoms with Crippen molar-refractivity contribution in [2.75, 3.05) is 38.8 Å². The monoisotopic (exact) mass is 576 g/mol. The number of nitrogens with zero attached hydrogens (tertiary/aromatic N) is 2. The lowest BCUT2D eigenvalue weighted by Crippen LogP contribution is -2.27. The minimum Gasteiger partial charge on any atom is -0.497 e. The second-order valence-electron chi connectivity index (χ2n) is 8.80. The van der Waals surface area contributed by atoms with Gasteiger partial charge in [0.1, 0.15) is 21.6 Å². The Labute approximate surface area is 242 Å². The van der Waals surface area contributed by atoms with E-state index in [0.29, 0.717) is 23.1 Å². The molecule has 10 heteroatoms. The van der Waals surface area contributed by atoms with Crippen LogP contribution in [0, 0.1) is 0 Å². The molecule has 0 unspecified atom stereocenters. The molecule has 40 heavy (non-hydrogen) atoms. The predicted octanol–water partition coefficient (Wildman–Crippen LogP) is 4.55. The van der Waals surface area contributed by atoms with Gasteiger partial charge in [-0.15, -0.1) is 0 Å². The largest absolute Gasteiger partial charge is 0.497 e. The van der Waals surface area contributed by atoms with Crippen molar-refractivity contribution in [3.8, 4) is 11.5 Å². The molecule has 2 N–H and O–H groups in total. The van der Waals surface area contributed by atoms with E-state index in [0.717, 1.165) is 46.5 Å². The zero-order chi connectivity index (χ0) is 28.2. The number of hydrogen-bond acceptors (Lipinski definition) is 8. The number of aromatic nitrogens is 2. The van der Waals surface area contributed by atoms with Crippen LogP contribution >= 0.6 is 23.5 Å². The number of methoxy groups -OCH3 is 2. The summed E-state index contributed by atoms with van der Waals surface area (Å²) in [5.74, 6) is 1.86. The average Bonchev–Trinajstić information content (AvgIpc) is 2.99. The van der Waals surface area contributed by atoms with Crippen molar-refractivity contribution in [1.29, 1.82) is 0 Å². The number of benzene rings is 3. The summed E-state index contributed by atoms with van der Waals surface area (Å²) in [6, 6.07) is 23.2. The fraction of sp³-hybridized carbons (Fsp3) is 0.267. The quantitative estimate of drug-likeness (QED) is 0.211. The summed E-state index contributed by atoms with van der Waals surface area (Å²) in [6.45, 7) is 1.07. The van der Waals surface area contributed by atoms with Gasteiger partial charge in [-0.2, -0.15) is 0 Å². The maximum absolute atomic E-state index is 12.5. The van der Waals surface area contributed by atoms with Gasteiger partial charge in [-0.1, -0.05) is 59.9 Å². The van der Waals surface area contributed by atoms with E-state index in [1.807, 2.05) is 72.8 Å². The van der Waals surface area contributed by atoms with E-state index in [-0.39, 0.29) is 23.3 Å². The van der Waals surface area contributed by atoms with Gasteiger partial charge in [-0.25, -0.2) is 9.97 Å². The van der Waals surface area contributed by atoms with E-state index in [4.69, 9.17) is 19.4 Å². The first-order valence-electron chi connectivity index (χ1n) is 12.9. The van der Waals surface area contributed by atoms with Gasteiger partial charge in [0.2, 0.25) is 11.8 Å². The molecule has 208 valence electrons. The summed E-state index contributed by atoms with van der Waals surface area (Å²) < 4.78 is 10.4. The number of ether oxygens (including phenoxy) is 2. The van der Waals surface area contributed by atoms with Gasteiger partial charge >= 0.3 is 0 Å². The predicted molar refractivity (Wildman–Crippen MR) is 160 cm³/mol. The Morgan fingerprint density at radius 3 is 1.43 bits per heavy atom. The topological polar surface area (TPSA) is 102 Å². The first-order valence-corrected chi connectivity index (χ1v) is 14.8. The molecule has 0 bridgehead atoms. The molecule has 2 amide bonds. The molecule has 0 saturated carbocycles. The van der Waals surface area contributed by atoms with E-state index < -0.39 is 0 Å². The number of thioether (sulfide) groups is 2. The number of carbonyl (C=O) groups excluding carboxylic acids is 2. The van der Waals surface area contributed by atoms with Crippen LogP contribution in [-0.4, -0.2) is 60.6 Å². The van der Waals surface area contributed by atoms with Crippen LogP contribution in [-0.2, 0) is 22.4 Å². The standard InChI is InChI=1S/C30H32N4O4S2/c1-37-23-11-7-21(8-12-23)15-17-31-27(35)19-39-29-30(34-26-6-4-3-5-25(26)33-29)40-20-28(36)32-18-16-22-9-13-24(38-2)14-10-22/h3-14H,15-20H2,1-2H3,(H,31,35)(H,32,36). The maximum atomic E-state index is 12.5. The maximum Gasteiger partial charge on any atom is 0.230 e. The lowest BCUT2D eigenvalue weighted by Gasteiger charge is -2.10. The van der Waals surface area contributed by atoms with Crippen LogP contribution in [0.4, 0.5) is 0 Å². The number of fused-ring (bicyclic) bond motifs is 1. The highest BCUT2D eigenvalue weighted by atomic mass is 32.2. The lowest BCUT2D eigenvalue weighted by atomic mass is 10.1. The molecule has 1 heterocycles. The summed E-state index contributed by atoms with van der Waals surface area (Å²) in [6.07, 6.45) is 1.45. The minimum atomic E-state index is -0.0827. The minimum absolute atomic E-state index is 0.0827. The summed E-state index contributed by atoms with van der Waals surface area (Å²) in [5, 5.41) is 7.20. The molecule has 0 fully saturated rings. The number of hydrogen-bond donors (Lipinski definition) is 2. The van der Waals surface area contributed by atoms with Gasteiger partial charge in [0.25, 0.3) is 0 Å². The summed E-state index contributed by atoms with van der Waals surface area (Å²) in [7, 11) is 3.27. The van der Waals surface area contributed by atoms with Gasteiger partial charge in [-0.3, -0.25) is 9.59 Å². The molecule has 0 spiro atoms. The van der Waals surface area contributed by atoms with E-state index >= 15 is 0 Å². The van der Waals surface area contributed by atoms with E-state index in [1.54, 1.807) is 14.2 Å². The highest BCUT2D eigenvalue weighted by Crippen LogP contribution is 2.29. The highest BCUT2D eigenvalue weighted by Gasteiger charge is 2.14. The van der Waals surface area contributed by atoms with Crippen LogP contribution in [0.3, 0.4) is 0 Å². The van der Waals surface area contributed by atoms with Gasteiger partial charge in [-0.05, 0) is 60.4 Å². The Morgan fingerprint density at radius 1 is 0.650 bits per heavy atom. The smallest absolute Gasteiger partial charge is 0.230 e. The number of rotatable bonds is 14. The van der Waals surface area contributed by atoms with Crippen molar-refractivity contribution in [2.45, 2.75) is 22.9 Å². The molecule has 4 aromatic rings. The highest BCUT2D eigenvalue weighted by molar-refractivity contribution is 8.02. The summed E-state index contributed by atoms with van der Waals surface area (Å²) in [5.41, 5.74) is 3.74. The SMILES string of the molecule is COc1ccc(CCNC(=O)CSc2nc3ccccc3nc2SCC(=O)NCCc2ccc(OC)cc2)cc1. The zero-order valence-corrected chi connectivity index (χ0v) is 24.1. The number of para-hydroxylation sites is 2.